The van der Waals surface area contributed by atoms with Gasteiger partial charge in [-0.05, 0) is 76.6 Å². The molecule has 2 aromatic carbocycles. The van der Waals surface area contributed by atoms with Gasteiger partial charge in [0.15, 0.2) is 12.4 Å². The maximum Gasteiger partial charge on any atom is 0.407 e. The Morgan fingerprint density at radius 3 is 2.09 bits per heavy atom. The number of hydrogen-bond donors (Lipinski definition) is 2. The molecule has 0 spiro atoms. The lowest BCUT2D eigenvalue weighted by atomic mass is 10.0. The minimum absolute atomic E-state index is 0.219. The first-order chi connectivity index (χ1) is 16.5. The zero-order chi connectivity index (χ0) is 26.0. The van der Waals surface area contributed by atoms with E-state index in [1.54, 1.807) is 83.1 Å². The number of ketones is 1. The van der Waals surface area contributed by atoms with Gasteiger partial charge in [-0.15, -0.1) is 0 Å². The predicted molar refractivity (Wildman–Crippen MR) is 129 cm³/mol. The maximum atomic E-state index is 12.7. The third-order valence-electron chi connectivity index (χ3n) is 4.59. The number of esters is 1. The molecule has 0 saturated heterocycles. The lowest BCUT2D eigenvalue weighted by molar-refractivity contribution is -0.145. The van der Waals surface area contributed by atoms with Crippen LogP contribution in [0.15, 0.2) is 48.5 Å². The van der Waals surface area contributed by atoms with Gasteiger partial charge in [0.05, 0.1) is 12.6 Å². The number of rotatable bonds is 10. The molecule has 0 aliphatic carbocycles. The van der Waals surface area contributed by atoms with E-state index in [1.165, 1.54) is 0 Å². The van der Waals surface area contributed by atoms with Gasteiger partial charge in [0, 0.05) is 17.7 Å². The van der Waals surface area contributed by atoms with Crippen molar-refractivity contribution in [2.24, 2.45) is 0 Å². The van der Waals surface area contributed by atoms with Crippen molar-refractivity contribution in [1.82, 2.24) is 10.6 Å². The van der Waals surface area contributed by atoms with Crippen molar-refractivity contribution < 1.29 is 33.4 Å². The molecule has 9 heteroatoms. The molecule has 0 radical (unpaired) electrons. The highest BCUT2D eigenvalue weighted by atomic mass is 16.6. The number of benzene rings is 2. The lowest BCUT2D eigenvalue weighted by Crippen LogP contribution is -2.38. The number of Topliss-reactive ketones (excluding diaryl/α,β-unsaturated/α-hetero) is 1. The number of hydrogen-bond acceptors (Lipinski definition) is 7. The quantitative estimate of drug-likeness (QED) is 0.390. The van der Waals surface area contributed by atoms with E-state index in [0.717, 1.165) is 5.56 Å². The van der Waals surface area contributed by atoms with Gasteiger partial charge in [-0.2, -0.15) is 0 Å². The van der Waals surface area contributed by atoms with E-state index >= 15 is 0 Å². The Labute approximate surface area is 205 Å². The number of alkyl carbamates (subject to hydrolysis) is 1. The second-order valence-electron chi connectivity index (χ2n) is 8.73. The van der Waals surface area contributed by atoms with E-state index in [9.17, 15) is 19.2 Å². The number of amides is 2. The van der Waals surface area contributed by atoms with Gasteiger partial charge in [0.2, 0.25) is 0 Å². The summed E-state index contributed by atoms with van der Waals surface area (Å²) in [5.74, 6) is -0.718. The second-order valence-corrected chi connectivity index (χ2v) is 8.73. The third kappa shape index (κ3) is 9.48. The van der Waals surface area contributed by atoms with E-state index in [0.29, 0.717) is 16.9 Å². The SMILES string of the molecule is CCOC(=O)COc1ccc(C(=O)C(C)NC(=O)c2ccc(CNC(=O)OC(C)(C)C)cc2)cc1. The lowest BCUT2D eigenvalue weighted by Gasteiger charge is -2.19. The highest BCUT2D eigenvalue weighted by Crippen LogP contribution is 2.14. The van der Waals surface area contributed by atoms with Crippen LogP contribution < -0.4 is 15.4 Å². The average Bonchev–Trinajstić information content (AvgIpc) is 2.80. The zero-order valence-corrected chi connectivity index (χ0v) is 20.7. The Bertz CT molecular complexity index is 1030. The van der Waals surface area contributed by atoms with Crippen LogP contribution in [0.1, 0.15) is 60.9 Å². The molecule has 0 aliphatic rings. The Morgan fingerprint density at radius 2 is 1.51 bits per heavy atom. The van der Waals surface area contributed by atoms with Crippen molar-refractivity contribution in [1.29, 1.82) is 0 Å². The van der Waals surface area contributed by atoms with Crippen LogP contribution in [0.4, 0.5) is 4.79 Å². The molecule has 35 heavy (non-hydrogen) atoms. The van der Waals surface area contributed by atoms with E-state index in [2.05, 4.69) is 10.6 Å². The highest BCUT2D eigenvalue weighted by molar-refractivity contribution is 6.04. The van der Waals surface area contributed by atoms with Crippen LogP contribution in [-0.4, -0.2) is 48.6 Å². The molecule has 0 heterocycles. The smallest absolute Gasteiger partial charge is 0.407 e. The Balaban J connectivity index is 1.86. The average molecular weight is 485 g/mol. The number of nitrogens with one attached hydrogen (secondary N) is 2. The molecule has 1 unspecified atom stereocenters. The fourth-order valence-corrected chi connectivity index (χ4v) is 2.92. The van der Waals surface area contributed by atoms with Crippen LogP contribution in [0.25, 0.3) is 0 Å². The monoisotopic (exact) mass is 484 g/mol. The van der Waals surface area contributed by atoms with Crippen molar-refractivity contribution in [3.63, 3.8) is 0 Å². The van der Waals surface area contributed by atoms with Crippen molar-refractivity contribution in [2.45, 2.75) is 52.8 Å². The summed E-state index contributed by atoms with van der Waals surface area (Å²) in [6.07, 6.45) is -0.523. The van der Waals surface area contributed by atoms with E-state index in [1.807, 2.05) is 0 Å². The minimum Gasteiger partial charge on any atom is -0.482 e. The van der Waals surface area contributed by atoms with Gasteiger partial charge in [-0.25, -0.2) is 9.59 Å². The number of ether oxygens (including phenoxy) is 3. The van der Waals surface area contributed by atoms with Crippen molar-refractivity contribution >= 4 is 23.8 Å². The van der Waals surface area contributed by atoms with E-state index < -0.39 is 29.6 Å². The topological polar surface area (TPSA) is 120 Å². The summed E-state index contributed by atoms with van der Waals surface area (Å²) in [7, 11) is 0. The van der Waals surface area contributed by atoms with Crippen LogP contribution in [0.5, 0.6) is 5.75 Å². The summed E-state index contributed by atoms with van der Waals surface area (Å²) in [6.45, 7) is 8.96. The first kappa shape index (κ1) is 27.4. The van der Waals surface area contributed by atoms with Crippen molar-refractivity contribution in [2.75, 3.05) is 13.2 Å². The predicted octanol–water partition coefficient (Wildman–Crippen LogP) is 3.65. The van der Waals surface area contributed by atoms with Gasteiger partial charge < -0.3 is 24.8 Å². The highest BCUT2D eigenvalue weighted by Gasteiger charge is 2.19. The second kappa shape index (κ2) is 12.5. The molecular weight excluding hydrogens is 452 g/mol. The maximum absolute atomic E-state index is 12.7. The van der Waals surface area contributed by atoms with Crippen LogP contribution in [0.3, 0.4) is 0 Å². The molecule has 2 rings (SSSR count). The third-order valence-corrected chi connectivity index (χ3v) is 4.59. The largest absolute Gasteiger partial charge is 0.482 e. The van der Waals surface area contributed by atoms with Crippen LogP contribution in [0, 0.1) is 0 Å². The molecule has 188 valence electrons. The van der Waals surface area contributed by atoms with Gasteiger partial charge in [0.1, 0.15) is 11.4 Å². The summed E-state index contributed by atoms with van der Waals surface area (Å²) >= 11 is 0. The summed E-state index contributed by atoms with van der Waals surface area (Å²) in [5, 5.41) is 5.34. The van der Waals surface area contributed by atoms with Crippen LogP contribution in [0.2, 0.25) is 0 Å². The minimum atomic E-state index is -0.762. The van der Waals surface area contributed by atoms with Gasteiger partial charge in [-0.3, -0.25) is 9.59 Å². The zero-order valence-electron chi connectivity index (χ0n) is 20.7. The molecule has 0 bridgehead atoms. The van der Waals surface area contributed by atoms with Gasteiger partial charge in [0.25, 0.3) is 5.91 Å². The molecule has 0 aliphatic heterocycles. The Morgan fingerprint density at radius 1 is 0.914 bits per heavy atom. The van der Waals surface area contributed by atoms with Crippen LogP contribution in [-0.2, 0) is 20.8 Å². The standard InChI is InChI=1S/C26H32N2O7/c1-6-33-22(29)16-34-21-13-11-19(12-14-21)23(30)17(2)28-24(31)20-9-7-18(8-10-20)15-27-25(32)35-26(3,4)5/h7-14,17H,6,15-16H2,1-5H3,(H,27,32)(H,28,31). The summed E-state index contributed by atoms with van der Waals surface area (Å²) in [4.78, 5) is 48.4. The fourth-order valence-electron chi connectivity index (χ4n) is 2.92. The van der Waals surface area contributed by atoms with E-state index in [4.69, 9.17) is 14.2 Å². The molecule has 0 aromatic heterocycles. The molecule has 1 atom stereocenters. The normalized spacial score (nSPS) is 11.7. The fraction of sp³-hybridized carbons (Fsp3) is 0.385. The molecule has 2 N–H and O–H groups in total. The molecular formula is C26H32N2O7. The van der Waals surface area contributed by atoms with Gasteiger partial charge in [-0.1, -0.05) is 12.1 Å². The number of carbonyl (C=O) groups is 4. The summed E-state index contributed by atoms with van der Waals surface area (Å²) in [5.41, 5.74) is 0.986. The Hall–Kier alpha value is -3.88. The summed E-state index contributed by atoms with van der Waals surface area (Å²) < 4.78 is 15.3. The molecule has 0 saturated carbocycles. The molecule has 2 aromatic rings. The molecule has 0 fully saturated rings. The van der Waals surface area contributed by atoms with Crippen LogP contribution >= 0.6 is 0 Å². The molecule has 2 amide bonds. The number of carbonyl (C=O) groups excluding carboxylic acids is 4. The van der Waals surface area contributed by atoms with Crippen molar-refractivity contribution in [3.8, 4) is 5.75 Å². The Kier molecular flexibility index (Phi) is 9.81. The molecule has 9 nitrogen and oxygen atoms in total. The van der Waals surface area contributed by atoms with Gasteiger partial charge >= 0.3 is 12.1 Å². The van der Waals surface area contributed by atoms with E-state index in [-0.39, 0.29) is 25.5 Å². The van der Waals surface area contributed by atoms with Crippen molar-refractivity contribution in [3.05, 3.63) is 65.2 Å². The first-order valence-electron chi connectivity index (χ1n) is 11.3. The first-order valence-corrected chi connectivity index (χ1v) is 11.3. The summed E-state index contributed by atoms with van der Waals surface area (Å²) in [6, 6.07) is 12.2.